The molecule has 2 aromatic carbocycles. The van der Waals surface area contributed by atoms with Crippen LogP contribution in [-0.2, 0) is 19.4 Å². The fourth-order valence-electron chi connectivity index (χ4n) is 3.69. The van der Waals surface area contributed by atoms with E-state index in [4.69, 9.17) is 4.74 Å². The van der Waals surface area contributed by atoms with E-state index in [0.717, 1.165) is 18.8 Å². The van der Waals surface area contributed by atoms with Gasteiger partial charge in [-0.15, -0.1) is 0 Å². The second kappa shape index (κ2) is 5.19. The summed E-state index contributed by atoms with van der Waals surface area (Å²) >= 11 is 0. The first-order valence-electron chi connectivity index (χ1n) is 7.85. The van der Waals surface area contributed by atoms with E-state index in [1.54, 1.807) is 0 Å². The van der Waals surface area contributed by atoms with Gasteiger partial charge < -0.3 is 4.74 Å². The van der Waals surface area contributed by atoms with E-state index in [1.807, 2.05) is 0 Å². The van der Waals surface area contributed by atoms with E-state index in [2.05, 4.69) is 60.4 Å². The van der Waals surface area contributed by atoms with Gasteiger partial charge >= 0.3 is 0 Å². The molecule has 0 amide bonds. The smallest absolute Gasteiger partial charge is 0.124 e. The first-order valence-corrected chi connectivity index (χ1v) is 7.85. The lowest BCUT2D eigenvalue weighted by atomic mass is 10.1. The molecular formula is C19H21NO. The van der Waals surface area contributed by atoms with Crippen molar-refractivity contribution < 1.29 is 4.74 Å². The minimum Gasteiger partial charge on any atom is -0.489 e. The number of nitrogens with zero attached hydrogens (tertiary/aromatic N) is 1. The number of rotatable bonds is 1. The second-order valence-corrected chi connectivity index (χ2v) is 6.30. The van der Waals surface area contributed by atoms with Crippen LogP contribution in [-0.4, -0.2) is 23.6 Å². The van der Waals surface area contributed by atoms with Crippen LogP contribution in [0, 0.1) is 0 Å². The van der Waals surface area contributed by atoms with E-state index in [-0.39, 0.29) is 6.10 Å². The molecule has 0 saturated heterocycles. The average molecular weight is 279 g/mol. The van der Waals surface area contributed by atoms with Crippen LogP contribution in [0.2, 0.25) is 0 Å². The van der Waals surface area contributed by atoms with Gasteiger partial charge in [-0.3, -0.25) is 4.90 Å². The van der Waals surface area contributed by atoms with Crippen LogP contribution in [0.3, 0.4) is 0 Å². The average Bonchev–Trinajstić information content (AvgIpc) is 2.84. The van der Waals surface area contributed by atoms with E-state index in [9.17, 15) is 0 Å². The molecule has 2 aromatic rings. The Morgan fingerprint density at radius 2 is 1.52 bits per heavy atom. The summed E-state index contributed by atoms with van der Waals surface area (Å²) in [5, 5.41) is 0. The Morgan fingerprint density at radius 1 is 0.905 bits per heavy atom. The largest absolute Gasteiger partial charge is 0.489 e. The normalized spacial score (nSPS) is 22.2. The predicted molar refractivity (Wildman–Crippen MR) is 84.6 cm³/mol. The molecule has 0 bridgehead atoms. The minimum absolute atomic E-state index is 0.248. The molecule has 1 aliphatic carbocycles. The van der Waals surface area contributed by atoms with Crippen molar-refractivity contribution in [3.8, 4) is 5.75 Å². The number of ether oxygens (including phenoxy) is 1. The Kier molecular flexibility index (Phi) is 3.19. The molecule has 1 unspecified atom stereocenters. The maximum absolute atomic E-state index is 6.08. The lowest BCUT2D eigenvalue weighted by Crippen LogP contribution is -2.39. The summed E-state index contributed by atoms with van der Waals surface area (Å²) in [6.07, 6.45) is 2.59. The van der Waals surface area contributed by atoms with Gasteiger partial charge in [0, 0.05) is 24.7 Å². The summed E-state index contributed by atoms with van der Waals surface area (Å²) in [5.41, 5.74) is 4.36. The summed E-state index contributed by atoms with van der Waals surface area (Å²) < 4.78 is 6.08. The fraction of sp³-hybridized carbons (Fsp3) is 0.368. The molecule has 1 aliphatic heterocycles. The summed E-state index contributed by atoms with van der Waals surface area (Å²) in [6, 6.07) is 17.9. The molecule has 0 aromatic heterocycles. The number of benzene rings is 2. The number of para-hydroxylation sites is 1. The molecule has 1 atom stereocenters. The molecule has 0 spiro atoms. The number of hydrogen-bond acceptors (Lipinski definition) is 2. The Balaban J connectivity index is 1.59. The van der Waals surface area contributed by atoms with Crippen LogP contribution in [0.5, 0.6) is 5.75 Å². The van der Waals surface area contributed by atoms with Crippen molar-refractivity contribution >= 4 is 0 Å². The quantitative estimate of drug-likeness (QED) is 0.793. The third-order valence-electron chi connectivity index (χ3n) is 4.71. The molecule has 2 aliphatic rings. The predicted octanol–water partition coefficient (Wildman–Crippen LogP) is 3.44. The Hall–Kier alpha value is -1.80. The minimum atomic E-state index is 0.248. The molecule has 4 rings (SSSR count). The molecule has 108 valence electrons. The standard InChI is InChI=1S/C19H21NO/c1-14-12-20(13-17-8-4-5-9-19(17)21-14)18-10-15-6-2-3-7-16(15)11-18/h2-9,14,18H,10-13H2,1H3. The van der Waals surface area contributed by atoms with Crippen molar-refractivity contribution in [2.45, 2.75) is 38.5 Å². The van der Waals surface area contributed by atoms with Gasteiger partial charge in [-0.05, 0) is 37.0 Å². The maximum atomic E-state index is 6.08. The molecule has 0 fully saturated rings. The van der Waals surface area contributed by atoms with Gasteiger partial charge in [0.1, 0.15) is 11.9 Å². The van der Waals surface area contributed by atoms with Crippen LogP contribution in [0.15, 0.2) is 48.5 Å². The van der Waals surface area contributed by atoms with E-state index < -0.39 is 0 Å². The third kappa shape index (κ3) is 2.44. The lowest BCUT2D eigenvalue weighted by Gasteiger charge is -2.28. The maximum Gasteiger partial charge on any atom is 0.124 e. The van der Waals surface area contributed by atoms with Crippen molar-refractivity contribution in [2.24, 2.45) is 0 Å². The van der Waals surface area contributed by atoms with Crippen molar-refractivity contribution in [3.05, 3.63) is 65.2 Å². The van der Waals surface area contributed by atoms with Crippen LogP contribution < -0.4 is 4.74 Å². The highest BCUT2D eigenvalue weighted by Crippen LogP contribution is 2.30. The topological polar surface area (TPSA) is 12.5 Å². The van der Waals surface area contributed by atoms with E-state index in [1.165, 1.54) is 29.5 Å². The number of hydrogen-bond donors (Lipinski definition) is 0. The zero-order valence-corrected chi connectivity index (χ0v) is 12.5. The van der Waals surface area contributed by atoms with E-state index >= 15 is 0 Å². The van der Waals surface area contributed by atoms with Gasteiger partial charge in [-0.2, -0.15) is 0 Å². The monoisotopic (exact) mass is 279 g/mol. The molecule has 0 saturated carbocycles. The van der Waals surface area contributed by atoms with Crippen molar-refractivity contribution in [1.29, 1.82) is 0 Å². The summed E-state index contributed by atoms with van der Waals surface area (Å²) in [7, 11) is 0. The van der Waals surface area contributed by atoms with E-state index in [0.29, 0.717) is 6.04 Å². The molecule has 1 heterocycles. The van der Waals surface area contributed by atoms with Crippen LogP contribution in [0.4, 0.5) is 0 Å². The van der Waals surface area contributed by atoms with Gasteiger partial charge in [0.25, 0.3) is 0 Å². The number of fused-ring (bicyclic) bond motifs is 2. The highest BCUT2D eigenvalue weighted by Gasteiger charge is 2.30. The van der Waals surface area contributed by atoms with Crippen molar-refractivity contribution in [3.63, 3.8) is 0 Å². The first-order chi connectivity index (χ1) is 10.3. The highest BCUT2D eigenvalue weighted by atomic mass is 16.5. The Bertz CT molecular complexity index is 627. The fourth-order valence-corrected chi connectivity index (χ4v) is 3.69. The SMILES string of the molecule is CC1CN(C2Cc3ccccc3C2)Cc2ccccc2O1. The summed E-state index contributed by atoms with van der Waals surface area (Å²) in [6.45, 7) is 4.18. The summed E-state index contributed by atoms with van der Waals surface area (Å²) in [5.74, 6) is 1.06. The Labute approximate surface area is 126 Å². The zero-order valence-electron chi connectivity index (χ0n) is 12.5. The molecule has 0 radical (unpaired) electrons. The van der Waals surface area contributed by atoms with Gasteiger partial charge in [-0.25, -0.2) is 0 Å². The van der Waals surface area contributed by atoms with Crippen molar-refractivity contribution in [2.75, 3.05) is 6.54 Å². The van der Waals surface area contributed by atoms with Gasteiger partial charge in [0.05, 0.1) is 0 Å². The third-order valence-corrected chi connectivity index (χ3v) is 4.71. The Morgan fingerprint density at radius 3 is 2.24 bits per heavy atom. The van der Waals surface area contributed by atoms with Crippen LogP contribution in [0.1, 0.15) is 23.6 Å². The molecular weight excluding hydrogens is 258 g/mol. The molecule has 2 nitrogen and oxygen atoms in total. The highest BCUT2D eigenvalue weighted by molar-refractivity contribution is 5.36. The zero-order chi connectivity index (χ0) is 14.2. The first kappa shape index (κ1) is 12.9. The lowest BCUT2D eigenvalue weighted by molar-refractivity contribution is 0.128. The second-order valence-electron chi connectivity index (χ2n) is 6.30. The van der Waals surface area contributed by atoms with Crippen molar-refractivity contribution in [1.82, 2.24) is 4.90 Å². The van der Waals surface area contributed by atoms with Crippen LogP contribution in [0.25, 0.3) is 0 Å². The van der Waals surface area contributed by atoms with Crippen LogP contribution >= 0.6 is 0 Å². The van der Waals surface area contributed by atoms with Gasteiger partial charge in [0.2, 0.25) is 0 Å². The van der Waals surface area contributed by atoms with Gasteiger partial charge in [-0.1, -0.05) is 42.5 Å². The summed E-state index contributed by atoms with van der Waals surface area (Å²) in [4.78, 5) is 2.61. The van der Waals surface area contributed by atoms with Gasteiger partial charge in [0.15, 0.2) is 0 Å². The molecule has 2 heteroatoms. The molecule has 21 heavy (non-hydrogen) atoms. The molecule has 0 N–H and O–H groups in total.